The monoisotopic (exact) mass is 484 g/mol. The lowest BCUT2D eigenvalue weighted by molar-refractivity contribution is -0.174. The Morgan fingerprint density at radius 1 is 1.21 bits per heavy atom. The quantitative estimate of drug-likeness (QED) is 0.253. The largest absolute Gasteiger partial charge is 0.528 e. The van der Waals surface area contributed by atoms with Gasteiger partial charge in [0.05, 0.1) is 24.8 Å². The fraction of sp³-hybridized carbons (Fsp3) is 0.762. The molecule has 5 atom stereocenters. The summed E-state index contributed by atoms with van der Waals surface area (Å²) >= 11 is 0. The van der Waals surface area contributed by atoms with Gasteiger partial charge in [0.15, 0.2) is 5.60 Å². The zero-order valence-corrected chi connectivity index (χ0v) is 19.4. The first-order chi connectivity index (χ1) is 15.8. The Hall–Kier alpha value is -2.67. The Kier molecular flexibility index (Phi) is 9.45. The topological polar surface area (TPSA) is 203 Å². The van der Waals surface area contributed by atoms with Crippen molar-refractivity contribution < 1.29 is 48.6 Å². The van der Waals surface area contributed by atoms with Crippen LogP contribution in [0, 0.1) is 23.7 Å². The van der Waals surface area contributed by atoms with Crippen LogP contribution >= 0.6 is 0 Å². The maximum atomic E-state index is 12.1. The van der Waals surface area contributed by atoms with E-state index in [1.54, 1.807) is 0 Å². The highest BCUT2D eigenvalue weighted by molar-refractivity contribution is 6.48. The molecule has 0 radical (unpaired) electrons. The van der Waals surface area contributed by atoms with Gasteiger partial charge in [0.1, 0.15) is 0 Å². The van der Waals surface area contributed by atoms with E-state index in [0.29, 0.717) is 25.7 Å². The van der Waals surface area contributed by atoms with Crippen molar-refractivity contribution >= 4 is 36.9 Å². The van der Waals surface area contributed by atoms with Gasteiger partial charge in [-0.1, -0.05) is 26.7 Å². The fourth-order valence-corrected chi connectivity index (χ4v) is 4.56. The van der Waals surface area contributed by atoms with Gasteiger partial charge < -0.3 is 35.7 Å². The highest BCUT2D eigenvalue weighted by atomic mass is 16.6. The molecule has 1 saturated heterocycles. The highest BCUT2D eigenvalue weighted by Crippen LogP contribution is 2.38. The van der Waals surface area contributed by atoms with Crippen LogP contribution in [0.25, 0.3) is 0 Å². The molecule has 6 N–H and O–H groups in total. The van der Waals surface area contributed by atoms with Crippen molar-refractivity contribution in [2.75, 3.05) is 6.54 Å². The summed E-state index contributed by atoms with van der Waals surface area (Å²) in [6, 6.07) is -0.670. The number of nitrogens with two attached hydrogens (primary N) is 1. The molecule has 1 amide bonds. The number of carbonyl (C=O) groups excluding carboxylic acids is 2. The number of hydrogen-bond donors (Lipinski definition) is 5. The molecule has 1 aliphatic heterocycles. The number of carboxylic acid groups (broad SMARTS) is 3. The minimum Gasteiger partial charge on any atom is -0.509 e. The number of aliphatic carboxylic acids is 3. The molecule has 13 heteroatoms. The molecular formula is C21H33BN2O10. The van der Waals surface area contributed by atoms with E-state index in [4.69, 9.17) is 20.1 Å². The Labute approximate surface area is 197 Å². The molecule has 2 aliphatic rings. The highest BCUT2D eigenvalue weighted by Gasteiger charge is 2.52. The number of carbonyl (C=O) groups is 5. The molecule has 2 rings (SSSR count). The zero-order chi connectivity index (χ0) is 25.6. The van der Waals surface area contributed by atoms with Crippen LogP contribution in [-0.4, -0.2) is 70.4 Å². The molecule has 1 aliphatic carbocycles. The molecular weight excluding hydrogens is 451 g/mol. The average molecular weight is 484 g/mol. The lowest BCUT2D eigenvalue weighted by Crippen LogP contribution is -2.54. The summed E-state index contributed by atoms with van der Waals surface area (Å²) < 4.78 is 10.5. The van der Waals surface area contributed by atoms with E-state index in [0.717, 1.165) is 0 Å². The van der Waals surface area contributed by atoms with Crippen molar-refractivity contribution in [3.05, 3.63) is 0 Å². The molecule has 1 saturated carbocycles. The van der Waals surface area contributed by atoms with Crippen LogP contribution in [0.15, 0.2) is 0 Å². The number of hydrogen-bond acceptors (Lipinski definition) is 8. The third kappa shape index (κ3) is 7.16. The Bertz CT molecular complexity index is 802. The van der Waals surface area contributed by atoms with E-state index < -0.39 is 61.4 Å². The van der Waals surface area contributed by atoms with E-state index in [2.05, 4.69) is 5.32 Å². The number of rotatable bonds is 11. The Balaban J connectivity index is 1.94. The summed E-state index contributed by atoms with van der Waals surface area (Å²) in [4.78, 5) is 58.7. The van der Waals surface area contributed by atoms with Crippen LogP contribution in [0.5, 0.6) is 0 Å². The van der Waals surface area contributed by atoms with Gasteiger partial charge in [-0.05, 0) is 36.9 Å². The predicted molar refractivity (Wildman–Crippen MR) is 117 cm³/mol. The molecule has 190 valence electrons. The molecule has 2 fully saturated rings. The summed E-state index contributed by atoms with van der Waals surface area (Å²) in [7, 11) is -1.23. The van der Waals surface area contributed by atoms with Crippen LogP contribution in [0.1, 0.15) is 52.4 Å². The van der Waals surface area contributed by atoms with Crippen molar-refractivity contribution in [2.24, 2.45) is 29.4 Å². The first-order valence-corrected chi connectivity index (χ1v) is 11.4. The predicted octanol–water partition coefficient (Wildman–Crippen LogP) is 0.343. The molecule has 12 nitrogen and oxygen atoms in total. The zero-order valence-electron chi connectivity index (χ0n) is 19.4. The summed E-state index contributed by atoms with van der Waals surface area (Å²) in [5, 5.41) is 31.0. The van der Waals surface area contributed by atoms with Gasteiger partial charge in [-0.15, -0.1) is 0 Å². The smallest absolute Gasteiger partial charge is 0.509 e. The van der Waals surface area contributed by atoms with Crippen LogP contribution in [0.3, 0.4) is 0 Å². The maximum absolute atomic E-state index is 12.1. The maximum Gasteiger partial charge on any atom is 0.528 e. The lowest BCUT2D eigenvalue weighted by atomic mass is 9.69. The van der Waals surface area contributed by atoms with E-state index in [1.807, 2.05) is 13.8 Å². The standard InChI is InChI=1S/C21H33BN2O10/c1-11(2)17(23)18(28)24-10-13-4-3-12(7-14(13)19(29)30)5-6-22-33-16(27)9-21(34-22,20(31)32)8-15(25)26/h11-14,17H,3-10,23H2,1-2H3,(H,24,28)(H,25,26)(H,29,30)(H,31,32)/t12-,13-,14-,17-,21?/m0/s1. The summed E-state index contributed by atoms with van der Waals surface area (Å²) in [6.45, 7) is 3.86. The van der Waals surface area contributed by atoms with E-state index in [1.165, 1.54) is 0 Å². The fourth-order valence-electron chi connectivity index (χ4n) is 4.56. The summed E-state index contributed by atoms with van der Waals surface area (Å²) in [6.07, 6.45) is 0.494. The normalized spacial score (nSPS) is 28.2. The second-order valence-electron chi connectivity index (χ2n) is 9.56. The van der Waals surface area contributed by atoms with Crippen LogP contribution in [0.2, 0.25) is 6.32 Å². The summed E-state index contributed by atoms with van der Waals surface area (Å²) in [5.41, 5.74) is 3.64. The van der Waals surface area contributed by atoms with E-state index in [9.17, 15) is 34.2 Å². The third-order valence-corrected chi connectivity index (χ3v) is 6.67. The number of carboxylic acids is 3. The Morgan fingerprint density at radius 2 is 1.88 bits per heavy atom. The molecule has 0 aromatic heterocycles. The minimum atomic E-state index is -2.19. The minimum absolute atomic E-state index is 0.0440. The second-order valence-corrected chi connectivity index (χ2v) is 9.56. The SMILES string of the molecule is CC(C)[C@H](N)C(=O)NC[C@@H]1CC[C@@H](CCB2OC(=O)CC(CC(=O)O)(C(=O)O)O2)C[C@@H]1C(=O)O. The van der Waals surface area contributed by atoms with Crippen molar-refractivity contribution in [1.29, 1.82) is 0 Å². The van der Waals surface area contributed by atoms with Gasteiger partial charge in [0.25, 0.3) is 5.97 Å². The Morgan fingerprint density at radius 3 is 2.44 bits per heavy atom. The van der Waals surface area contributed by atoms with E-state index in [-0.39, 0.29) is 36.5 Å². The van der Waals surface area contributed by atoms with Gasteiger partial charge in [0.2, 0.25) is 5.91 Å². The van der Waals surface area contributed by atoms with Gasteiger partial charge >= 0.3 is 25.0 Å². The van der Waals surface area contributed by atoms with Crippen LogP contribution in [0.4, 0.5) is 0 Å². The van der Waals surface area contributed by atoms with Gasteiger partial charge in [-0.3, -0.25) is 19.2 Å². The van der Waals surface area contributed by atoms with Gasteiger partial charge in [-0.2, -0.15) is 0 Å². The molecule has 0 aromatic carbocycles. The first kappa shape index (κ1) is 27.6. The van der Waals surface area contributed by atoms with Crippen LogP contribution < -0.4 is 11.1 Å². The molecule has 1 unspecified atom stereocenters. The molecule has 0 spiro atoms. The van der Waals surface area contributed by atoms with Crippen molar-refractivity contribution in [3.8, 4) is 0 Å². The third-order valence-electron chi connectivity index (χ3n) is 6.67. The molecule has 0 bridgehead atoms. The van der Waals surface area contributed by atoms with Crippen molar-refractivity contribution in [3.63, 3.8) is 0 Å². The second kappa shape index (κ2) is 11.7. The average Bonchev–Trinajstić information content (AvgIpc) is 2.74. The summed E-state index contributed by atoms with van der Waals surface area (Å²) in [5.74, 6) is -6.15. The molecule has 1 heterocycles. The van der Waals surface area contributed by atoms with Gasteiger partial charge in [-0.25, -0.2) is 4.79 Å². The molecule has 34 heavy (non-hydrogen) atoms. The van der Waals surface area contributed by atoms with E-state index >= 15 is 0 Å². The van der Waals surface area contributed by atoms with Crippen LogP contribution in [-0.2, 0) is 33.3 Å². The number of nitrogens with one attached hydrogen (secondary N) is 1. The van der Waals surface area contributed by atoms with Gasteiger partial charge in [0, 0.05) is 6.54 Å². The molecule has 0 aromatic rings. The lowest BCUT2D eigenvalue weighted by Gasteiger charge is -2.36. The number of amides is 1. The van der Waals surface area contributed by atoms with Crippen molar-refractivity contribution in [1.82, 2.24) is 5.32 Å². The van der Waals surface area contributed by atoms with Crippen molar-refractivity contribution in [2.45, 2.75) is 70.3 Å². The first-order valence-electron chi connectivity index (χ1n) is 11.4.